The number of amides is 2. The number of nitrogens with one attached hydrogen (secondary N) is 1. The predicted molar refractivity (Wildman–Crippen MR) is 69.9 cm³/mol. The molecular weight excluding hydrogens is 252 g/mol. The van der Waals surface area contributed by atoms with E-state index in [-0.39, 0.29) is 13.2 Å². The van der Waals surface area contributed by atoms with Crippen LogP contribution in [0.2, 0.25) is 0 Å². The van der Waals surface area contributed by atoms with E-state index in [0.29, 0.717) is 0 Å². The van der Waals surface area contributed by atoms with Crippen LogP contribution in [0.15, 0.2) is 0 Å². The fourth-order valence-electron chi connectivity index (χ4n) is 1.53. The van der Waals surface area contributed by atoms with Crippen molar-refractivity contribution in [3.63, 3.8) is 0 Å². The number of ether oxygens (including phenoxy) is 1. The first-order valence-electron chi connectivity index (χ1n) is 6.01. The van der Waals surface area contributed by atoms with E-state index in [4.69, 9.17) is 9.84 Å². The third-order valence-electron chi connectivity index (χ3n) is 2.57. The maximum absolute atomic E-state index is 11.8. The summed E-state index contributed by atoms with van der Waals surface area (Å²) in [5.41, 5.74) is -0.604. The van der Waals surface area contributed by atoms with Crippen LogP contribution in [0.3, 0.4) is 0 Å². The van der Waals surface area contributed by atoms with E-state index in [1.54, 1.807) is 20.8 Å². The van der Waals surface area contributed by atoms with Gasteiger partial charge in [-0.3, -0.25) is 0 Å². The highest BCUT2D eigenvalue weighted by Crippen LogP contribution is 2.19. The van der Waals surface area contributed by atoms with Crippen molar-refractivity contribution in [3.05, 3.63) is 0 Å². The molecule has 0 bridgehead atoms. The van der Waals surface area contributed by atoms with Gasteiger partial charge in [0, 0.05) is 14.2 Å². The molecule has 0 aliphatic heterocycles. The maximum Gasteiger partial charge on any atom is 0.326 e. The molecule has 2 amide bonds. The van der Waals surface area contributed by atoms with Crippen LogP contribution in [-0.4, -0.2) is 66.6 Å². The van der Waals surface area contributed by atoms with Crippen LogP contribution in [0.25, 0.3) is 0 Å². The Hall–Kier alpha value is -1.34. The van der Waals surface area contributed by atoms with Gasteiger partial charge in [-0.1, -0.05) is 20.8 Å². The average Bonchev–Trinajstić information content (AvgIpc) is 2.23. The van der Waals surface area contributed by atoms with Gasteiger partial charge in [0.25, 0.3) is 0 Å². The summed E-state index contributed by atoms with van der Waals surface area (Å²) in [6.45, 7) is 5.36. The highest BCUT2D eigenvalue weighted by molar-refractivity contribution is 5.83. The number of methoxy groups -OCH3 is 1. The van der Waals surface area contributed by atoms with Crippen molar-refractivity contribution in [3.8, 4) is 0 Å². The number of aliphatic hydroxyl groups is 1. The number of likely N-dealkylation sites (N-methyl/N-ethyl adjacent to an activating group) is 1. The molecule has 0 aromatic rings. The average molecular weight is 276 g/mol. The molecule has 0 aliphatic carbocycles. The van der Waals surface area contributed by atoms with Crippen LogP contribution >= 0.6 is 0 Å². The zero-order valence-corrected chi connectivity index (χ0v) is 12.1. The van der Waals surface area contributed by atoms with Gasteiger partial charge in [0.2, 0.25) is 0 Å². The molecule has 0 aromatic heterocycles. The van der Waals surface area contributed by atoms with Crippen molar-refractivity contribution in [1.82, 2.24) is 10.2 Å². The molecule has 2 atom stereocenters. The number of urea groups is 1. The molecule has 0 saturated carbocycles. The third-order valence-corrected chi connectivity index (χ3v) is 2.57. The van der Waals surface area contributed by atoms with Crippen LogP contribution in [-0.2, 0) is 9.53 Å². The highest BCUT2D eigenvalue weighted by Gasteiger charge is 2.33. The number of aliphatic carboxylic acids is 1. The van der Waals surface area contributed by atoms with Crippen molar-refractivity contribution < 1.29 is 24.5 Å². The molecule has 0 saturated heterocycles. The zero-order valence-electron chi connectivity index (χ0n) is 12.1. The number of carboxylic acids is 1. The number of carbonyl (C=O) groups excluding carboxylic acids is 1. The van der Waals surface area contributed by atoms with Crippen LogP contribution in [0.5, 0.6) is 0 Å². The lowest BCUT2D eigenvalue weighted by Gasteiger charge is -2.30. The summed E-state index contributed by atoms with van der Waals surface area (Å²) in [6.07, 6.45) is -0.807. The minimum Gasteiger partial charge on any atom is -0.480 e. The minimum absolute atomic E-state index is 0.0656. The number of aliphatic hydroxyl groups excluding tert-OH is 1. The Kier molecular flexibility index (Phi) is 6.78. The van der Waals surface area contributed by atoms with Crippen molar-refractivity contribution >= 4 is 12.0 Å². The van der Waals surface area contributed by atoms with Gasteiger partial charge >= 0.3 is 12.0 Å². The van der Waals surface area contributed by atoms with Gasteiger partial charge in [0.15, 0.2) is 0 Å². The molecule has 0 fully saturated rings. The summed E-state index contributed by atoms with van der Waals surface area (Å²) in [4.78, 5) is 24.2. The lowest BCUT2D eigenvalue weighted by Crippen LogP contribution is -2.53. The molecule has 0 heterocycles. The van der Waals surface area contributed by atoms with Gasteiger partial charge in [-0.2, -0.15) is 0 Å². The summed E-state index contributed by atoms with van der Waals surface area (Å²) in [7, 11) is 2.93. The van der Waals surface area contributed by atoms with E-state index in [9.17, 15) is 14.7 Å². The molecule has 19 heavy (non-hydrogen) atoms. The number of hydrogen-bond donors (Lipinski definition) is 3. The minimum atomic E-state index is -1.09. The van der Waals surface area contributed by atoms with Crippen molar-refractivity contribution in [2.24, 2.45) is 5.41 Å². The van der Waals surface area contributed by atoms with Crippen LogP contribution in [0.1, 0.15) is 20.8 Å². The number of nitrogens with zero attached hydrogens (tertiary/aromatic N) is 1. The normalized spacial score (nSPS) is 14.6. The Bertz CT molecular complexity index is 314. The zero-order chi connectivity index (χ0) is 15.2. The molecule has 0 rings (SSSR count). The topological polar surface area (TPSA) is 99.1 Å². The van der Waals surface area contributed by atoms with Gasteiger partial charge in [-0.15, -0.1) is 0 Å². The maximum atomic E-state index is 11.8. The highest BCUT2D eigenvalue weighted by atomic mass is 16.5. The summed E-state index contributed by atoms with van der Waals surface area (Å²) >= 11 is 0. The smallest absolute Gasteiger partial charge is 0.326 e. The Morgan fingerprint density at radius 1 is 1.37 bits per heavy atom. The van der Waals surface area contributed by atoms with E-state index in [1.807, 2.05) is 0 Å². The summed E-state index contributed by atoms with van der Waals surface area (Å²) in [5, 5.41) is 21.1. The Labute approximate surface area is 113 Å². The van der Waals surface area contributed by atoms with Gasteiger partial charge in [0.05, 0.1) is 19.3 Å². The van der Waals surface area contributed by atoms with E-state index in [1.165, 1.54) is 19.1 Å². The SMILES string of the molecule is COCC(O)CN(C)C(=O)N[C@@H](C(=O)O)C(C)(C)C. The quantitative estimate of drug-likeness (QED) is 0.640. The second kappa shape index (κ2) is 7.30. The fourth-order valence-corrected chi connectivity index (χ4v) is 1.53. The molecule has 112 valence electrons. The van der Waals surface area contributed by atoms with E-state index in [2.05, 4.69) is 5.32 Å². The number of carbonyl (C=O) groups is 2. The molecule has 1 unspecified atom stereocenters. The first-order chi connectivity index (χ1) is 8.59. The summed E-state index contributed by atoms with van der Waals surface area (Å²) < 4.78 is 4.76. The lowest BCUT2D eigenvalue weighted by molar-refractivity contribution is -0.142. The molecule has 3 N–H and O–H groups in total. The standard InChI is InChI=1S/C12H24N2O5/c1-12(2,3)9(10(16)17)13-11(18)14(4)6-8(15)7-19-5/h8-9,15H,6-7H2,1-5H3,(H,13,18)(H,16,17)/t8?,9-/m0/s1. The van der Waals surface area contributed by atoms with Crippen LogP contribution < -0.4 is 5.32 Å². The summed E-state index contributed by atoms with van der Waals surface area (Å²) in [6, 6.07) is -1.54. The predicted octanol–water partition coefficient (Wildman–Crippen LogP) is 0.134. The van der Waals surface area contributed by atoms with Gasteiger partial charge in [-0.05, 0) is 5.41 Å². The Balaban J connectivity index is 4.53. The van der Waals surface area contributed by atoms with E-state index >= 15 is 0 Å². The molecule has 7 nitrogen and oxygen atoms in total. The van der Waals surface area contributed by atoms with Crippen LogP contribution in [0.4, 0.5) is 4.79 Å². The van der Waals surface area contributed by atoms with Crippen LogP contribution in [0, 0.1) is 5.41 Å². The summed E-state index contributed by atoms with van der Waals surface area (Å²) in [5.74, 6) is -1.09. The molecule has 0 radical (unpaired) electrons. The fraction of sp³-hybridized carbons (Fsp3) is 0.833. The van der Waals surface area contributed by atoms with Gasteiger partial charge < -0.3 is 25.2 Å². The van der Waals surface area contributed by atoms with Crippen molar-refractivity contribution in [2.75, 3.05) is 27.3 Å². The molecule has 7 heteroatoms. The Morgan fingerprint density at radius 3 is 2.26 bits per heavy atom. The monoisotopic (exact) mass is 276 g/mol. The second-order valence-corrected chi connectivity index (χ2v) is 5.58. The van der Waals surface area contributed by atoms with Gasteiger partial charge in [-0.25, -0.2) is 9.59 Å². The van der Waals surface area contributed by atoms with Gasteiger partial charge in [0.1, 0.15) is 6.04 Å². The molecule has 0 aliphatic rings. The second-order valence-electron chi connectivity index (χ2n) is 5.58. The van der Waals surface area contributed by atoms with E-state index < -0.39 is 29.6 Å². The number of rotatable bonds is 6. The first kappa shape index (κ1) is 17.7. The number of hydrogen-bond acceptors (Lipinski definition) is 4. The largest absolute Gasteiger partial charge is 0.480 e. The molecule has 0 aromatic carbocycles. The molecule has 0 spiro atoms. The van der Waals surface area contributed by atoms with Crippen molar-refractivity contribution in [1.29, 1.82) is 0 Å². The Morgan fingerprint density at radius 2 is 1.89 bits per heavy atom. The first-order valence-corrected chi connectivity index (χ1v) is 6.01. The van der Waals surface area contributed by atoms with Crippen molar-refractivity contribution in [2.45, 2.75) is 32.9 Å². The lowest BCUT2D eigenvalue weighted by atomic mass is 9.87. The number of carboxylic acid groups (broad SMARTS) is 1. The van der Waals surface area contributed by atoms with E-state index in [0.717, 1.165) is 0 Å². The third kappa shape index (κ3) is 6.40. The molecular formula is C12H24N2O5.